The molecule has 1 aliphatic heterocycles. The Morgan fingerprint density at radius 1 is 0.756 bits per heavy atom. The van der Waals surface area contributed by atoms with Crippen LogP contribution in [0.5, 0.6) is 0 Å². The summed E-state index contributed by atoms with van der Waals surface area (Å²) < 4.78 is 28.5. The van der Waals surface area contributed by atoms with E-state index in [1.165, 1.54) is 18.2 Å². The molecular formula is C31H30N4O5S. The van der Waals surface area contributed by atoms with Gasteiger partial charge in [-0.05, 0) is 29.3 Å². The molecule has 9 nitrogen and oxygen atoms in total. The van der Waals surface area contributed by atoms with Gasteiger partial charge in [0.15, 0.2) is 4.90 Å². The van der Waals surface area contributed by atoms with Crippen LogP contribution >= 0.6 is 0 Å². The first kappa shape index (κ1) is 28.0. The Labute approximate surface area is 239 Å². The average molecular weight is 571 g/mol. The van der Waals surface area contributed by atoms with Crippen LogP contribution in [0.4, 0.5) is 11.4 Å². The van der Waals surface area contributed by atoms with Crippen LogP contribution in [0.25, 0.3) is 0 Å². The van der Waals surface area contributed by atoms with E-state index in [1.807, 2.05) is 36.4 Å². The summed E-state index contributed by atoms with van der Waals surface area (Å²) in [5, 5.41) is 11.6. The van der Waals surface area contributed by atoms with Gasteiger partial charge >= 0.3 is 0 Å². The standard InChI is InChI=1S/C31H30N4O5S/c36-30(24-34(27-16-8-3-9-17-27)41(39,40)29-19-11-10-18-28(29)35(37)38)32-20-22-33(23-21-32)31(25-12-4-1-5-13-25)26-14-6-2-7-15-26/h1-19,31H,20-24H2. The van der Waals surface area contributed by atoms with E-state index in [-0.39, 0.29) is 17.6 Å². The molecule has 0 bridgehead atoms. The smallest absolute Gasteiger partial charge is 0.289 e. The molecule has 1 fully saturated rings. The van der Waals surface area contributed by atoms with E-state index < -0.39 is 32.1 Å². The van der Waals surface area contributed by atoms with E-state index in [2.05, 4.69) is 29.2 Å². The van der Waals surface area contributed by atoms with Crippen molar-refractivity contribution in [2.45, 2.75) is 10.9 Å². The lowest BCUT2D eigenvalue weighted by Crippen LogP contribution is -2.52. The molecule has 5 rings (SSSR count). The molecule has 0 aromatic heterocycles. The summed E-state index contributed by atoms with van der Waals surface area (Å²) in [5.74, 6) is -0.369. The van der Waals surface area contributed by atoms with Gasteiger partial charge in [-0.3, -0.25) is 24.1 Å². The lowest BCUT2D eigenvalue weighted by atomic mass is 9.96. The second-order valence-corrected chi connectivity index (χ2v) is 11.5. The molecule has 1 saturated heterocycles. The van der Waals surface area contributed by atoms with Crippen molar-refractivity contribution in [3.05, 3.63) is 137 Å². The lowest BCUT2D eigenvalue weighted by Gasteiger charge is -2.40. The molecular weight excluding hydrogens is 540 g/mol. The molecule has 0 atom stereocenters. The third-order valence-electron chi connectivity index (χ3n) is 7.22. The zero-order valence-corrected chi connectivity index (χ0v) is 23.1. The Bertz CT molecular complexity index is 1550. The summed E-state index contributed by atoms with van der Waals surface area (Å²) in [5.41, 5.74) is 2.03. The fraction of sp³-hybridized carbons (Fsp3) is 0.194. The largest absolute Gasteiger partial charge is 0.339 e. The molecule has 10 heteroatoms. The van der Waals surface area contributed by atoms with Crippen molar-refractivity contribution in [3.8, 4) is 0 Å². The number of piperazine rings is 1. The normalized spacial score (nSPS) is 14.1. The van der Waals surface area contributed by atoms with Crippen molar-refractivity contribution < 1.29 is 18.1 Å². The quantitative estimate of drug-likeness (QED) is 0.213. The topological polar surface area (TPSA) is 104 Å². The van der Waals surface area contributed by atoms with E-state index in [0.717, 1.165) is 21.5 Å². The van der Waals surface area contributed by atoms with Gasteiger partial charge in [-0.2, -0.15) is 0 Å². The second kappa shape index (κ2) is 12.3. The first-order valence-corrected chi connectivity index (χ1v) is 14.7. The van der Waals surface area contributed by atoms with E-state index >= 15 is 0 Å². The van der Waals surface area contributed by atoms with E-state index in [1.54, 1.807) is 35.2 Å². The van der Waals surface area contributed by atoms with Crippen molar-refractivity contribution in [2.24, 2.45) is 0 Å². The third-order valence-corrected chi connectivity index (χ3v) is 9.04. The zero-order valence-electron chi connectivity index (χ0n) is 22.3. The highest BCUT2D eigenvalue weighted by molar-refractivity contribution is 7.93. The number of rotatable bonds is 9. The Kier molecular flexibility index (Phi) is 8.42. The van der Waals surface area contributed by atoms with Gasteiger partial charge in [0.1, 0.15) is 6.54 Å². The number of hydrogen-bond donors (Lipinski definition) is 0. The highest BCUT2D eigenvalue weighted by atomic mass is 32.2. The van der Waals surface area contributed by atoms with Gasteiger partial charge in [-0.1, -0.05) is 91.0 Å². The Hall–Kier alpha value is -4.54. The van der Waals surface area contributed by atoms with Gasteiger partial charge in [0.05, 0.1) is 16.7 Å². The molecule has 0 radical (unpaired) electrons. The van der Waals surface area contributed by atoms with Crippen LogP contribution in [-0.4, -0.2) is 61.8 Å². The zero-order chi connectivity index (χ0) is 28.8. The maximum atomic E-state index is 13.8. The number of sulfonamides is 1. The van der Waals surface area contributed by atoms with E-state index in [9.17, 15) is 23.3 Å². The van der Waals surface area contributed by atoms with Crippen molar-refractivity contribution in [2.75, 3.05) is 37.0 Å². The summed E-state index contributed by atoms with van der Waals surface area (Å²) in [7, 11) is -4.43. The highest BCUT2D eigenvalue weighted by Gasteiger charge is 2.35. The molecule has 0 unspecified atom stereocenters. The Morgan fingerprint density at radius 2 is 1.24 bits per heavy atom. The highest BCUT2D eigenvalue weighted by Crippen LogP contribution is 2.31. The molecule has 0 saturated carbocycles. The van der Waals surface area contributed by atoms with Gasteiger partial charge in [0.25, 0.3) is 15.7 Å². The number of nitro groups is 1. The SMILES string of the molecule is O=C(CN(c1ccccc1)S(=O)(=O)c1ccccc1[N+](=O)[O-])N1CCN(C(c2ccccc2)c2ccccc2)CC1. The molecule has 0 spiro atoms. The van der Waals surface area contributed by atoms with Gasteiger partial charge in [-0.15, -0.1) is 0 Å². The van der Waals surface area contributed by atoms with Crippen molar-refractivity contribution in [1.29, 1.82) is 0 Å². The van der Waals surface area contributed by atoms with Crippen LogP contribution in [-0.2, 0) is 14.8 Å². The van der Waals surface area contributed by atoms with Crippen LogP contribution in [0.2, 0.25) is 0 Å². The van der Waals surface area contributed by atoms with E-state index in [4.69, 9.17) is 0 Å². The van der Waals surface area contributed by atoms with Gasteiger partial charge in [0.2, 0.25) is 5.91 Å². The summed E-state index contributed by atoms with van der Waals surface area (Å²) in [4.78, 5) is 28.0. The van der Waals surface area contributed by atoms with Crippen LogP contribution in [0.15, 0.2) is 120 Å². The number of carbonyl (C=O) groups is 1. The Morgan fingerprint density at radius 3 is 1.78 bits per heavy atom. The molecule has 1 amide bonds. The number of amides is 1. The minimum atomic E-state index is -4.43. The maximum Gasteiger partial charge on any atom is 0.289 e. The number of benzene rings is 4. The number of anilines is 1. The average Bonchev–Trinajstić information content (AvgIpc) is 3.01. The third kappa shape index (κ3) is 6.13. The van der Waals surface area contributed by atoms with Crippen molar-refractivity contribution >= 4 is 27.3 Å². The summed E-state index contributed by atoms with van der Waals surface area (Å²) in [6, 6.07) is 33.8. The van der Waals surface area contributed by atoms with Crippen LogP contribution in [0, 0.1) is 10.1 Å². The monoisotopic (exact) mass is 570 g/mol. The van der Waals surface area contributed by atoms with E-state index in [0.29, 0.717) is 26.2 Å². The first-order chi connectivity index (χ1) is 19.9. The lowest BCUT2D eigenvalue weighted by molar-refractivity contribution is -0.387. The molecule has 4 aromatic carbocycles. The summed E-state index contributed by atoms with van der Waals surface area (Å²) >= 11 is 0. The predicted octanol–water partition coefficient (Wildman–Crippen LogP) is 4.72. The van der Waals surface area contributed by atoms with Crippen molar-refractivity contribution in [1.82, 2.24) is 9.80 Å². The van der Waals surface area contributed by atoms with Gasteiger partial charge in [-0.25, -0.2) is 8.42 Å². The molecule has 1 heterocycles. The van der Waals surface area contributed by atoms with Crippen LogP contribution in [0.1, 0.15) is 17.2 Å². The Balaban J connectivity index is 1.37. The molecule has 0 N–H and O–H groups in total. The summed E-state index contributed by atoms with van der Waals surface area (Å²) in [6.07, 6.45) is 0. The number of para-hydroxylation sites is 2. The molecule has 41 heavy (non-hydrogen) atoms. The van der Waals surface area contributed by atoms with Crippen LogP contribution < -0.4 is 4.31 Å². The minimum Gasteiger partial charge on any atom is -0.339 e. The fourth-order valence-electron chi connectivity index (χ4n) is 5.19. The number of nitro benzene ring substituents is 1. The molecule has 210 valence electrons. The van der Waals surface area contributed by atoms with Gasteiger partial charge < -0.3 is 4.90 Å². The van der Waals surface area contributed by atoms with Gasteiger partial charge in [0, 0.05) is 32.2 Å². The number of hydrogen-bond acceptors (Lipinski definition) is 6. The maximum absolute atomic E-state index is 13.8. The predicted molar refractivity (Wildman–Crippen MR) is 157 cm³/mol. The molecule has 4 aromatic rings. The molecule has 1 aliphatic rings. The van der Waals surface area contributed by atoms with Crippen molar-refractivity contribution in [3.63, 3.8) is 0 Å². The number of carbonyl (C=O) groups excluding carboxylic acids is 1. The van der Waals surface area contributed by atoms with Crippen LogP contribution in [0.3, 0.4) is 0 Å². The number of nitrogens with zero attached hydrogens (tertiary/aromatic N) is 4. The first-order valence-electron chi connectivity index (χ1n) is 13.3. The summed E-state index contributed by atoms with van der Waals surface area (Å²) in [6.45, 7) is 1.57. The second-order valence-electron chi connectivity index (χ2n) is 9.71. The minimum absolute atomic E-state index is 0.0227. The fourth-order valence-corrected chi connectivity index (χ4v) is 6.77. The molecule has 0 aliphatic carbocycles.